The Bertz CT molecular complexity index is 475. The van der Waals surface area contributed by atoms with E-state index in [0.29, 0.717) is 29.3 Å². The Hall–Kier alpha value is -0.0800. The Morgan fingerprint density at radius 2 is 1.62 bits per heavy atom. The van der Waals surface area contributed by atoms with Crippen LogP contribution in [0, 0.1) is 46.3 Å². The van der Waals surface area contributed by atoms with Gasteiger partial charge in [0.05, 0.1) is 6.10 Å². The van der Waals surface area contributed by atoms with E-state index in [1.165, 1.54) is 57.8 Å². The summed E-state index contributed by atoms with van der Waals surface area (Å²) in [5.41, 5.74) is 0.916. The molecule has 0 amide bonds. The van der Waals surface area contributed by atoms with Gasteiger partial charge in [0.2, 0.25) is 0 Å². The Morgan fingerprint density at radius 3 is 2.33 bits per heavy atom. The highest BCUT2D eigenvalue weighted by Gasteiger charge is 2.60. The molecule has 0 aromatic heterocycles. The first-order valence-electron chi connectivity index (χ1n) is 10.7. The van der Waals surface area contributed by atoms with Crippen molar-refractivity contribution in [1.82, 2.24) is 0 Å². The molecule has 138 valence electrons. The number of fused-ring (bicyclic) bond motifs is 5. The van der Waals surface area contributed by atoms with Gasteiger partial charge in [-0.1, -0.05) is 13.8 Å². The minimum Gasteiger partial charge on any atom is -0.396 e. The summed E-state index contributed by atoms with van der Waals surface area (Å²) < 4.78 is 0. The highest BCUT2D eigenvalue weighted by Crippen LogP contribution is 2.68. The summed E-state index contributed by atoms with van der Waals surface area (Å²) in [4.78, 5) is 0. The van der Waals surface area contributed by atoms with Gasteiger partial charge >= 0.3 is 0 Å². The molecule has 4 aliphatic rings. The quantitative estimate of drug-likeness (QED) is 0.772. The monoisotopic (exact) mass is 334 g/mol. The molecule has 9 atom stereocenters. The van der Waals surface area contributed by atoms with E-state index < -0.39 is 0 Å². The molecule has 0 aromatic rings. The van der Waals surface area contributed by atoms with Crippen LogP contribution < -0.4 is 0 Å². The minimum atomic E-state index is -0.136. The SMILES string of the molecule is C[C@H](O)[C@H]1CCC2C3CCC4C[C@@H](CO)CC[C@]4(C)C3CC[C@@]21C. The van der Waals surface area contributed by atoms with Crippen molar-refractivity contribution in [2.24, 2.45) is 46.3 Å². The zero-order chi connectivity index (χ0) is 17.1. The summed E-state index contributed by atoms with van der Waals surface area (Å²) in [5.74, 6) is 4.60. The van der Waals surface area contributed by atoms with E-state index in [-0.39, 0.29) is 6.10 Å². The normalized spacial score (nSPS) is 55.4. The van der Waals surface area contributed by atoms with Gasteiger partial charge in [0.25, 0.3) is 0 Å². The topological polar surface area (TPSA) is 40.5 Å². The second-order valence-electron chi connectivity index (χ2n) is 10.4. The lowest BCUT2D eigenvalue weighted by Crippen LogP contribution is -2.54. The van der Waals surface area contributed by atoms with Gasteiger partial charge in [0.15, 0.2) is 0 Å². The minimum absolute atomic E-state index is 0.136. The fraction of sp³-hybridized carbons (Fsp3) is 1.00. The van der Waals surface area contributed by atoms with Gasteiger partial charge in [-0.25, -0.2) is 0 Å². The van der Waals surface area contributed by atoms with E-state index in [9.17, 15) is 10.2 Å². The third-order valence-corrected chi connectivity index (χ3v) is 9.69. The first-order chi connectivity index (χ1) is 11.4. The van der Waals surface area contributed by atoms with Crippen LogP contribution in [0.5, 0.6) is 0 Å². The molecule has 4 unspecified atom stereocenters. The fourth-order valence-electron chi connectivity index (χ4n) is 8.35. The summed E-state index contributed by atoms with van der Waals surface area (Å²) in [6, 6.07) is 0. The summed E-state index contributed by atoms with van der Waals surface area (Å²) in [5, 5.41) is 19.9. The molecule has 24 heavy (non-hydrogen) atoms. The van der Waals surface area contributed by atoms with Crippen LogP contribution in [0.4, 0.5) is 0 Å². The predicted molar refractivity (Wildman–Crippen MR) is 97.5 cm³/mol. The van der Waals surface area contributed by atoms with Gasteiger partial charge in [-0.2, -0.15) is 0 Å². The average Bonchev–Trinajstić information content (AvgIpc) is 2.91. The van der Waals surface area contributed by atoms with Crippen LogP contribution in [0.1, 0.15) is 78.6 Å². The van der Waals surface area contributed by atoms with E-state index in [0.717, 1.165) is 23.7 Å². The largest absolute Gasteiger partial charge is 0.396 e. The maximum atomic E-state index is 10.3. The van der Waals surface area contributed by atoms with E-state index in [2.05, 4.69) is 13.8 Å². The maximum Gasteiger partial charge on any atom is 0.0545 e. The summed E-state index contributed by atoms with van der Waals surface area (Å²) in [7, 11) is 0. The van der Waals surface area contributed by atoms with Crippen LogP contribution in [0.3, 0.4) is 0 Å². The second kappa shape index (κ2) is 5.98. The molecule has 0 spiro atoms. The molecular formula is C22H38O2. The lowest BCUT2D eigenvalue weighted by molar-refractivity contribution is -0.126. The smallest absolute Gasteiger partial charge is 0.0545 e. The molecule has 4 aliphatic carbocycles. The number of rotatable bonds is 2. The highest BCUT2D eigenvalue weighted by molar-refractivity contribution is 5.09. The van der Waals surface area contributed by atoms with Gasteiger partial charge in [0, 0.05) is 6.61 Å². The molecular weight excluding hydrogens is 296 g/mol. The summed E-state index contributed by atoms with van der Waals surface area (Å²) in [6.45, 7) is 7.54. The van der Waals surface area contributed by atoms with Crippen LogP contribution in [0.2, 0.25) is 0 Å². The molecule has 4 rings (SSSR count). The van der Waals surface area contributed by atoms with Crippen molar-refractivity contribution in [3.05, 3.63) is 0 Å². The Kier molecular flexibility index (Phi) is 4.32. The molecule has 2 nitrogen and oxygen atoms in total. The van der Waals surface area contributed by atoms with E-state index >= 15 is 0 Å². The number of hydrogen-bond donors (Lipinski definition) is 2. The zero-order valence-electron chi connectivity index (χ0n) is 16.0. The summed E-state index contributed by atoms with van der Waals surface area (Å²) >= 11 is 0. The third-order valence-electron chi connectivity index (χ3n) is 9.69. The molecule has 0 saturated heterocycles. The lowest BCUT2D eigenvalue weighted by atomic mass is 9.44. The molecule has 0 aliphatic heterocycles. The van der Waals surface area contributed by atoms with Crippen molar-refractivity contribution < 1.29 is 10.2 Å². The average molecular weight is 335 g/mol. The Morgan fingerprint density at radius 1 is 0.917 bits per heavy atom. The predicted octanol–water partition coefficient (Wildman–Crippen LogP) is 4.63. The van der Waals surface area contributed by atoms with E-state index in [1.54, 1.807) is 0 Å². The van der Waals surface area contributed by atoms with Crippen LogP contribution >= 0.6 is 0 Å². The molecule has 4 fully saturated rings. The van der Waals surface area contributed by atoms with Gasteiger partial charge in [-0.3, -0.25) is 0 Å². The third kappa shape index (κ3) is 2.35. The van der Waals surface area contributed by atoms with Gasteiger partial charge in [-0.05, 0) is 111 Å². The second-order valence-corrected chi connectivity index (χ2v) is 10.4. The molecule has 4 saturated carbocycles. The van der Waals surface area contributed by atoms with Gasteiger partial charge in [-0.15, -0.1) is 0 Å². The molecule has 0 bridgehead atoms. The van der Waals surface area contributed by atoms with Crippen molar-refractivity contribution in [3.63, 3.8) is 0 Å². The van der Waals surface area contributed by atoms with Crippen molar-refractivity contribution in [3.8, 4) is 0 Å². The number of aliphatic hydroxyl groups excluding tert-OH is 2. The maximum absolute atomic E-state index is 10.3. The van der Waals surface area contributed by atoms with Gasteiger partial charge < -0.3 is 10.2 Å². The first-order valence-corrected chi connectivity index (χ1v) is 10.7. The number of aliphatic hydroxyl groups is 2. The Labute approximate surface area is 148 Å². The van der Waals surface area contributed by atoms with Crippen LogP contribution in [0.15, 0.2) is 0 Å². The molecule has 2 heteroatoms. The lowest BCUT2D eigenvalue weighted by Gasteiger charge is -2.61. The zero-order valence-corrected chi connectivity index (χ0v) is 16.0. The molecule has 2 N–H and O–H groups in total. The standard InChI is InChI=1S/C22H38O2/c1-14(24)18-6-7-19-17-5-4-16-12-15(13-23)8-10-21(16,2)20(17)9-11-22(18,19)3/h14-20,23-24H,4-13H2,1-3H3/t14-,15-,16?,17?,18+,19?,20?,21-,22+/m0/s1. The van der Waals surface area contributed by atoms with E-state index in [1.807, 2.05) is 6.92 Å². The van der Waals surface area contributed by atoms with Crippen molar-refractivity contribution in [1.29, 1.82) is 0 Å². The van der Waals surface area contributed by atoms with Crippen LogP contribution in [-0.2, 0) is 0 Å². The van der Waals surface area contributed by atoms with Crippen LogP contribution in [0.25, 0.3) is 0 Å². The van der Waals surface area contributed by atoms with Gasteiger partial charge in [0.1, 0.15) is 0 Å². The van der Waals surface area contributed by atoms with E-state index in [4.69, 9.17) is 0 Å². The van der Waals surface area contributed by atoms with Crippen molar-refractivity contribution >= 4 is 0 Å². The molecule has 0 aromatic carbocycles. The fourth-order valence-corrected chi connectivity index (χ4v) is 8.35. The highest BCUT2D eigenvalue weighted by atomic mass is 16.3. The van der Waals surface area contributed by atoms with Crippen molar-refractivity contribution in [2.45, 2.75) is 84.7 Å². The molecule has 0 heterocycles. The number of hydrogen-bond acceptors (Lipinski definition) is 2. The molecule has 0 radical (unpaired) electrons. The van der Waals surface area contributed by atoms with Crippen molar-refractivity contribution in [2.75, 3.05) is 6.61 Å². The van der Waals surface area contributed by atoms with Crippen LogP contribution in [-0.4, -0.2) is 22.9 Å². The first kappa shape index (κ1) is 17.3. The summed E-state index contributed by atoms with van der Waals surface area (Å²) in [6.07, 6.45) is 11.8. The Balaban J connectivity index is 1.58.